The third kappa shape index (κ3) is 7.00. The molecule has 8 rings (SSSR count). The number of aromatic nitrogens is 2. The summed E-state index contributed by atoms with van der Waals surface area (Å²) in [5, 5.41) is -1.06. The molecule has 3 aromatic carbocycles. The SMILES string of the molecule is C#CCOc1c(F)c(F)c(/C2=C3\C=CC(=N3)/C(c3c(F)c(F)c(OCC#C)c(F)c3F)=c3/cc/c([nH]3)=C(\c3c(F)c(F)c(OCC#C)c(F)c3F)c3ccc([nH]3)C3=NC2C=C3)c(F)c1F. The Morgan fingerprint density at radius 1 is 0.477 bits per heavy atom. The smallest absolute Gasteiger partial charge is 0.204 e. The Bertz CT molecular complexity index is 3270. The summed E-state index contributed by atoms with van der Waals surface area (Å²) in [4.78, 5) is 14.0. The van der Waals surface area contributed by atoms with Gasteiger partial charge in [-0.25, -0.2) is 31.3 Å². The minimum Gasteiger partial charge on any atom is -0.475 e. The van der Waals surface area contributed by atoms with Crippen LogP contribution in [0, 0.1) is 107 Å². The van der Waals surface area contributed by atoms with Gasteiger partial charge in [-0.05, 0) is 42.5 Å². The molecule has 5 heterocycles. The lowest BCUT2D eigenvalue weighted by molar-refractivity contribution is 0.305. The molecule has 326 valence electrons. The Hall–Kier alpha value is -8.24. The highest BCUT2D eigenvalue weighted by atomic mass is 19.2. The number of hydrogen-bond donors (Lipinski definition) is 2. The van der Waals surface area contributed by atoms with Crippen LogP contribution in [-0.4, -0.2) is 47.3 Å². The van der Waals surface area contributed by atoms with Gasteiger partial charge in [0.05, 0.1) is 45.5 Å². The number of aromatic amines is 2. The zero-order valence-corrected chi connectivity index (χ0v) is 32.2. The first-order chi connectivity index (χ1) is 31.1. The van der Waals surface area contributed by atoms with Gasteiger partial charge in [0.1, 0.15) is 19.8 Å². The van der Waals surface area contributed by atoms with Crippen molar-refractivity contribution in [1.29, 1.82) is 0 Å². The lowest BCUT2D eigenvalue weighted by Gasteiger charge is -2.18. The van der Waals surface area contributed by atoms with Crippen molar-refractivity contribution in [3.05, 3.63) is 163 Å². The van der Waals surface area contributed by atoms with Gasteiger partial charge in [0, 0.05) is 33.1 Å². The van der Waals surface area contributed by atoms with E-state index in [0.717, 1.165) is 30.4 Å². The second kappa shape index (κ2) is 16.8. The van der Waals surface area contributed by atoms with Crippen molar-refractivity contribution in [3.8, 4) is 54.3 Å². The number of hydrogen-bond acceptors (Lipinski definition) is 5. The van der Waals surface area contributed by atoms with E-state index in [1.54, 1.807) is 0 Å². The molecule has 0 radical (unpaired) electrons. The van der Waals surface area contributed by atoms with Crippen LogP contribution in [0.5, 0.6) is 17.2 Å². The second-order valence-corrected chi connectivity index (χ2v) is 13.6. The monoisotopic (exact) mass is 904 g/mol. The van der Waals surface area contributed by atoms with Crippen LogP contribution in [0.4, 0.5) is 52.7 Å². The largest absolute Gasteiger partial charge is 0.475 e. The van der Waals surface area contributed by atoms with Crippen LogP contribution in [0.1, 0.15) is 28.1 Å². The number of nitrogens with one attached hydrogen (secondary N) is 2. The van der Waals surface area contributed by atoms with Crippen molar-refractivity contribution in [2.45, 2.75) is 6.04 Å². The Balaban J connectivity index is 1.52. The van der Waals surface area contributed by atoms with E-state index in [4.69, 9.17) is 33.5 Å². The molecule has 0 aliphatic carbocycles. The quantitative estimate of drug-likeness (QED) is 0.0907. The zero-order valence-electron chi connectivity index (χ0n) is 32.2. The molecule has 5 aromatic rings. The lowest BCUT2D eigenvalue weighted by Crippen LogP contribution is -2.22. The average Bonchev–Trinajstić information content (AvgIpc) is 4.15. The molecule has 1 atom stereocenters. The van der Waals surface area contributed by atoms with Crippen molar-refractivity contribution in [3.63, 3.8) is 0 Å². The third-order valence-corrected chi connectivity index (χ3v) is 9.98. The van der Waals surface area contributed by atoms with E-state index < -0.39 is 168 Å². The van der Waals surface area contributed by atoms with Gasteiger partial charge in [-0.15, -0.1) is 19.3 Å². The van der Waals surface area contributed by atoms with Crippen LogP contribution < -0.4 is 24.9 Å². The van der Waals surface area contributed by atoms with Gasteiger partial charge in [-0.1, -0.05) is 23.8 Å². The van der Waals surface area contributed by atoms with Gasteiger partial charge in [0.15, 0.2) is 52.2 Å². The summed E-state index contributed by atoms with van der Waals surface area (Å²) in [6, 6.07) is 2.72. The van der Waals surface area contributed by atoms with Crippen molar-refractivity contribution < 1.29 is 66.9 Å². The van der Waals surface area contributed by atoms with Crippen molar-refractivity contribution in [1.82, 2.24) is 9.97 Å². The number of terminal acetylenes is 3. The highest BCUT2D eigenvalue weighted by molar-refractivity contribution is 6.30. The molecule has 0 saturated heterocycles. The van der Waals surface area contributed by atoms with Gasteiger partial charge in [-0.3, -0.25) is 4.99 Å². The molecule has 0 fully saturated rings. The van der Waals surface area contributed by atoms with Crippen LogP contribution >= 0.6 is 0 Å². The molecule has 19 heteroatoms. The summed E-state index contributed by atoms with van der Waals surface area (Å²) < 4.78 is 205. The summed E-state index contributed by atoms with van der Waals surface area (Å²) in [6.45, 7) is -2.48. The van der Waals surface area contributed by atoms with E-state index in [1.807, 2.05) is 17.8 Å². The molecule has 1 unspecified atom stereocenters. The summed E-state index contributed by atoms with van der Waals surface area (Å²) in [6.07, 6.45) is 19.5. The number of rotatable bonds is 9. The molecule has 8 bridgehead atoms. The summed E-state index contributed by atoms with van der Waals surface area (Å²) >= 11 is 0. The fraction of sp³-hybridized carbons (Fsp3) is 0.0870. The van der Waals surface area contributed by atoms with Gasteiger partial charge in [-0.2, -0.15) is 26.3 Å². The number of nitrogens with zero attached hydrogens (tertiary/aromatic N) is 2. The van der Waals surface area contributed by atoms with E-state index in [1.165, 1.54) is 18.2 Å². The zero-order chi connectivity index (χ0) is 46.6. The maximum atomic E-state index is 16.3. The number of ether oxygens (including phenoxy) is 3. The van der Waals surface area contributed by atoms with E-state index in [9.17, 15) is 0 Å². The molecule has 2 N–H and O–H groups in total. The molecule has 7 nitrogen and oxygen atoms in total. The number of H-pyrrole nitrogens is 2. The molecule has 3 aliphatic heterocycles. The minimum absolute atomic E-state index is 0.0324. The molecule has 65 heavy (non-hydrogen) atoms. The van der Waals surface area contributed by atoms with Crippen LogP contribution in [0.15, 0.2) is 64.3 Å². The topological polar surface area (TPSA) is 84.0 Å². The van der Waals surface area contributed by atoms with Gasteiger partial charge >= 0.3 is 0 Å². The molecule has 3 aliphatic rings. The maximum Gasteiger partial charge on any atom is 0.204 e. The van der Waals surface area contributed by atoms with Crippen molar-refractivity contribution in [2.24, 2.45) is 9.98 Å². The van der Waals surface area contributed by atoms with Gasteiger partial charge in [0.25, 0.3) is 0 Å². The first-order valence-corrected chi connectivity index (χ1v) is 18.3. The first kappa shape index (κ1) is 43.4. The predicted octanol–water partition coefficient (Wildman–Crippen LogP) is 7.66. The fourth-order valence-electron chi connectivity index (χ4n) is 7.24. The van der Waals surface area contributed by atoms with Gasteiger partial charge in [0.2, 0.25) is 34.9 Å². The second-order valence-electron chi connectivity index (χ2n) is 13.6. The molecule has 0 saturated carbocycles. The summed E-state index contributed by atoms with van der Waals surface area (Å²) in [7, 11) is 0. The minimum atomic E-state index is -2.13. The lowest BCUT2D eigenvalue weighted by atomic mass is 9.95. The standard InChI is InChI=1S/C46H20F12N4O3/c1-4-15-63-44-38(53)32(47)29(33(48)39(44)54)26-20-9-7-18(59-20)19-8-10-21(60-19)27(30-34(49)40(55)45(64-16-5-2)41(56)35(30)50)23-12-14-25(62-23)28(24-13-11-22(26)61-24)31-36(51)42(57)46(65-17-6-3)43(58)37(31)52/h1-3,7-14,20,60,62H,15-17H2/b26-22+,27-23+,28-25+. The van der Waals surface area contributed by atoms with Crippen LogP contribution in [0.2, 0.25) is 0 Å². The average molecular weight is 905 g/mol. The number of allylic oxidation sites excluding steroid dienone is 3. The Morgan fingerprint density at radius 3 is 1.38 bits per heavy atom. The molecular formula is C46H20F12N4O3. The Labute approximate surface area is 357 Å². The number of benzene rings is 3. The van der Waals surface area contributed by atoms with E-state index >= 15 is 52.7 Å². The van der Waals surface area contributed by atoms with Crippen molar-refractivity contribution >= 4 is 28.1 Å². The van der Waals surface area contributed by atoms with Crippen LogP contribution in [0.3, 0.4) is 0 Å². The summed E-state index contributed by atoms with van der Waals surface area (Å²) in [5.74, 6) is -23.7. The Morgan fingerprint density at radius 2 is 0.908 bits per heavy atom. The Kier molecular flexibility index (Phi) is 11.2. The summed E-state index contributed by atoms with van der Waals surface area (Å²) in [5.41, 5.74) is -8.40. The number of aliphatic imine (C=N–C) groups is 2. The molecule has 2 aromatic heterocycles. The number of halogens is 12. The van der Waals surface area contributed by atoms with E-state index in [0.29, 0.717) is 0 Å². The van der Waals surface area contributed by atoms with Crippen LogP contribution in [-0.2, 0) is 0 Å². The predicted molar refractivity (Wildman–Crippen MR) is 210 cm³/mol. The van der Waals surface area contributed by atoms with Gasteiger partial charge < -0.3 is 24.2 Å². The first-order valence-electron chi connectivity index (χ1n) is 18.3. The maximum absolute atomic E-state index is 16.3. The third-order valence-electron chi connectivity index (χ3n) is 9.98. The highest BCUT2D eigenvalue weighted by Gasteiger charge is 2.37. The number of fused-ring (bicyclic) bond motifs is 7. The fourth-order valence-corrected chi connectivity index (χ4v) is 7.24. The molecule has 0 amide bonds. The molecule has 0 spiro atoms. The highest BCUT2D eigenvalue weighted by Crippen LogP contribution is 2.42. The normalized spacial score (nSPS) is 17.8. The van der Waals surface area contributed by atoms with E-state index in [2.05, 4.69) is 20.0 Å². The van der Waals surface area contributed by atoms with Crippen molar-refractivity contribution in [2.75, 3.05) is 19.8 Å². The van der Waals surface area contributed by atoms with Crippen LogP contribution in [0.25, 0.3) is 16.7 Å². The molecular weight excluding hydrogens is 885 g/mol. The van der Waals surface area contributed by atoms with E-state index in [-0.39, 0.29) is 17.1 Å².